The van der Waals surface area contributed by atoms with Crippen molar-refractivity contribution in [1.82, 2.24) is 5.32 Å². The lowest BCUT2D eigenvalue weighted by Gasteiger charge is -2.37. The van der Waals surface area contributed by atoms with Crippen molar-refractivity contribution in [2.24, 2.45) is 16.6 Å². The number of nitrogens with one attached hydrogen (secondary N) is 1. The molecule has 0 unspecified atom stereocenters. The normalized spacial score (nSPS) is 20.8. The first kappa shape index (κ1) is 15.0. The molecule has 0 atom stereocenters. The van der Waals surface area contributed by atoms with Crippen LogP contribution in [-0.2, 0) is 0 Å². The predicted octanol–water partition coefficient (Wildman–Crippen LogP) is 3.31. The molecule has 0 amide bonds. The lowest BCUT2D eigenvalue weighted by atomic mass is 9.80. The van der Waals surface area contributed by atoms with Crippen LogP contribution in [0.15, 0.2) is 0 Å². The molecule has 0 heterocycles. The van der Waals surface area contributed by atoms with Crippen molar-refractivity contribution in [3.05, 3.63) is 0 Å². The van der Waals surface area contributed by atoms with E-state index in [0.29, 0.717) is 10.8 Å². The Kier molecular flexibility index (Phi) is 4.65. The number of rotatable bonds is 5. The molecule has 0 radical (unpaired) electrons. The molecule has 1 fully saturated rings. The summed E-state index contributed by atoms with van der Waals surface area (Å²) in [7, 11) is 0. The first-order chi connectivity index (χ1) is 7.68. The highest BCUT2D eigenvalue weighted by Gasteiger charge is 2.34. The van der Waals surface area contributed by atoms with Crippen LogP contribution < -0.4 is 11.1 Å². The third-order valence-electron chi connectivity index (χ3n) is 4.01. The van der Waals surface area contributed by atoms with Crippen LogP contribution in [-0.4, -0.2) is 18.6 Å². The van der Waals surface area contributed by atoms with Gasteiger partial charge in [-0.3, -0.25) is 0 Å². The summed E-state index contributed by atoms with van der Waals surface area (Å²) >= 11 is 0. The molecule has 17 heavy (non-hydrogen) atoms. The van der Waals surface area contributed by atoms with Gasteiger partial charge in [-0.25, -0.2) is 0 Å². The van der Waals surface area contributed by atoms with Gasteiger partial charge in [-0.15, -0.1) is 0 Å². The van der Waals surface area contributed by atoms with Gasteiger partial charge in [0.2, 0.25) is 0 Å². The minimum atomic E-state index is 0.211. The van der Waals surface area contributed by atoms with E-state index in [1.54, 1.807) is 0 Å². The summed E-state index contributed by atoms with van der Waals surface area (Å²) in [5, 5.41) is 3.77. The fraction of sp³-hybridized carbons (Fsp3) is 1.00. The standard InChI is InChI=1S/C15H32N2/c1-13(2,3)10-14(4,5)17-12-15(11-16)8-6-7-9-15/h17H,6-12,16H2,1-5H3. The maximum Gasteiger partial charge on any atom is 0.0130 e. The van der Waals surface area contributed by atoms with Crippen LogP contribution in [0.5, 0.6) is 0 Å². The zero-order chi connectivity index (χ0) is 13.2. The average Bonchev–Trinajstić information content (AvgIpc) is 2.60. The SMILES string of the molecule is CC(C)(C)CC(C)(C)NCC1(CN)CCCC1. The first-order valence-corrected chi connectivity index (χ1v) is 7.13. The van der Waals surface area contributed by atoms with Crippen LogP contribution in [0.25, 0.3) is 0 Å². The van der Waals surface area contributed by atoms with Gasteiger partial charge in [-0.2, -0.15) is 0 Å². The molecule has 2 nitrogen and oxygen atoms in total. The topological polar surface area (TPSA) is 38.0 Å². The Morgan fingerprint density at radius 3 is 2.00 bits per heavy atom. The second-order valence-corrected chi connectivity index (χ2v) is 7.89. The molecule has 0 aliphatic heterocycles. The minimum absolute atomic E-state index is 0.211. The monoisotopic (exact) mass is 240 g/mol. The maximum absolute atomic E-state index is 5.99. The lowest BCUT2D eigenvalue weighted by Crippen LogP contribution is -2.49. The Bertz CT molecular complexity index is 232. The van der Waals surface area contributed by atoms with Crippen molar-refractivity contribution in [2.75, 3.05) is 13.1 Å². The molecule has 0 saturated heterocycles. The second kappa shape index (κ2) is 5.27. The average molecular weight is 240 g/mol. The van der Waals surface area contributed by atoms with Gasteiger partial charge >= 0.3 is 0 Å². The van der Waals surface area contributed by atoms with E-state index in [4.69, 9.17) is 5.73 Å². The van der Waals surface area contributed by atoms with Crippen LogP contribution in [0.2, 0.25) is 0 Å². The highest BCUT2D eigenvalue weighted by Crippen LogP contribution is 2.37. The van der Waals surface area contributed by atoms with E-state index in [9.17, 15) is 0 Å². The van der Waals surface area contributed by atoms with E-state index in [-0.39, 0.29) is 5.54 Å². The van der Waals surface area contributed by atoms with Crippen molar-refractivity contribution < 1.29 is 0 Å². The Morgan fingerprint density at radius 2 is 1.59 bits per heavy atom. The summed E-state index contributed by atoms with van der Waals surface area (Å²) in [6.07, 6.45) is 6.53. The molecule has 1 aliphatic carbocycles. The molecule has 0 aromatic carbocycles. The van der Waals surface area contributed by atoms with Gasteiger partial charge in [-0.1, -0.05) is 33.6 Å². The van der Waals surface area contributed by atoms with Crippen LogP contribution in [0, 0.1) is 10.8 Å². The van der Waals surface area contributed by atoms with E-state index < -0.39 is 0 Å². The van der Waals surface area contributed by atoms with Crippen LogP contribution in [0.3, 0.4) is 0 Å². The highest BCUT2D eigenvalue weighted by molar-refractivity contribution is 4.91. The molecule has 3 N–H and O–H groups in total. The third-order valence-corrected chi connectivity index (χ3v) is 4.01. The maximum atomic E-state index is 5.99. The Hall–Kier alpha value is -0.0800. The third kappa shape index (κ3) is 4.97. The Labute approximate surface area is 108 Å². The number of hydrogen-bond acceptors (Lipinski definition) is 2. The van der Waals surface area contributed by atoms with Gasteiger partial charge in [0.15, 0.2) is 0 Å². The van der Waals surface area contributed by atoms with E-state index in [2.05, 4.69) is 39.9 Å². The van der Waals surface area contributed by atoms with Gasteiger partial charge < -0.3 is 11.1 Å². The second-order valence-electron chi connectivity index (χ2n) is 7.89. The molecular formula is C15H32N2. The summed E-state index contributed by atoms with van der Waals surface area (Å²) in [4.78, 5) is 0. The highest BCUT2D eigenvalue weighted by atomic mass is 15.0. The summed E-state index contributed by atoms with van der Waals surface area (Å²) in [5.74, 6) is 0. The minimum Gasteiger partial charge on any atom is -0.330 e. The molecule has 102 valence electrons. The smallest absolute Gasteiger partial charge is 0.0130 e. The fourth-order valence-corrected chi connectivity index (χ4v) is 3.39. The first-order valence-electron chi connectivity index (χ1n) is 7.13. The molecule has 2 heteroatoms. The van der Waals surface area contributed by atoms with Crippen LogP contribution in [0.1, 0.15) is 66.7 Å². The van der Waals surface area contributed by atoms with E-state index in [1.807, 2.05) is 0 Å². The van der Waals surface area contributed by atoms with Gasteiger partial charge in [0, 0.05) is 12.1 Å². The lowest BCUT2D eigenvalue weighted by molar-refractivity contribution is 0.198. The molecular weight excluding hydrogens is 208 g/mol. The molecule has 0 spiro atoms. The molecule has 0 aromatic heterocycles. The van der Waals surface area contributed by atoms with Gasteiger partial charge in [0.25, 0.3) is 0 Å². The summed E-state index contributed by atoms with van der Waals surface area (Å²) < 4.78 is 0. The van der Waals surface area contributed by atoms with Crippen LogP contribution >= 0.6 is 0 Å². The molecule has 1 aliphatic rings. The summed E-state index contributed by atoms with van der Waals surface area (Å²) in [6, 6.07) is 0. The van der Waals surface area contributed by atoms with Crippen LogP contribution in [0.4, 0.5) is 0 Å². The summed E-state index contributed by atoms with van der Waals surface area (Å²) in [6.45, 7) is 13.5. The largest absolute Gasteiger partial charge is 0.330 e. The van der Waals surface area contributed by atoms with Crippen molar-refractivity contribution in [3.8, 4) is 0 Å². The van der Waals surface area contributed by atoms with Gasteiger partial charge in [0.05, 0.1) is 0 Å². The van der Waals surface area contributed by atoms with E-state index >= 15 is 0 Å². The zero-order valence-electron chi connectivity index (χ0n) is 12.5. The summed E-state index contributed by atoms with van der Waals surface area (Å²) in [5.41, 5.74) is 6.96. The number of hydrogen-bond donors (Lipinski definition) is 2. The Balaban J connectivity index is 2.48. The molecule has 1 saturated carbocycles. The van der Waals surface area contributed by atoms with Gasteiger partial charge in [-0.05, 0) is 50.5 Å². The van der Waals surface area contributed by atoms with Crippen molar-refractivity contribution in [3.63, 3.8) is 0 Å². The van der Waals surface area contributed by atoms with Gasteiger partial charge in [0.1, 0.15) is 0 Å². The predicted molar refractivity (Wildman–Crippen MR) is 76.1 cm³/mol. The molecule has 0 bridgehead atoms. The fourth-order valence-electron chi connectivity index (χ4n) is 3.39. The van der Waals surface area contributed by atoms with E-state index in [0.717, 1.165) is 13.1 Å². The number of nitrogens with two attached hydrogens (primary N) is 1. The quantitative estimate of drug-likeness (QED) is 0.774. The van der Waals surface area contributed by atoms with Crippen molar-refractivity contribution in [2.45, 2.75) is 72.3 Å². The van der Waals surface area contributed by atoms with Crippen molar-refractivity contribution in [1.29, 1.82) is 0 Å². The van der Waals surface area contributed by atoms with E-state index in [1.165, 1.54) is 32.1 Å². The molecule has 0 aromatic rings. The zero-order valence-corrected chi connectivity index (χ0v) is 12.5. The molecule has 1 rings (SSSR count). The Morgan fingerprint density at radius 1 is 1.06 bits per heavy atom. The van der Waals surface area contributed by atoms with Crippen molar-refractivity contribution >= 4 is 0 Å².